The number of hydrogen-bond acceptors (Lipinski definition) is 4. The summed E-state index contributed by atoms with van der Waals surface area (Å²) in [4.78, 5) is 34.9. The van der Waals surface area contributed by atoms with E-state index in [-0.39, 0.29) is 23.8 Å². The fourth-order valence-electron chi connectivity index (χ4n) is 2.49. The van der Waals surface area contributed by atoms with Crippen LogP contribution in [0.15, 0.2) is 36.6 Å². The molecule has 0 bridgehead atoms. The number of hydrogen-bond donors (Lipinski definition) is 0. The van der Waals surface area contributed by atoms with Crippen molar-refractivity contribution in [2.75, 3.05) is 0 Å². The highest BCUT2D eigenvalue weighted by molar-refractivity contribution is 6.12. The van der Waals surface area contributed by atoms with Crippen LogP contribution < -0.4 is 4.74 Å². The van der Waals surface area contributed by atoms with Crippen LogP contribution in [0, 0.1) is 5.41 Å². The number of benzene rings is 1. The predicted octanol–water partition coefficient (Wildman–Crippen LogP) is 3.11. The van der Waals surface area contributed by atoms with E-state index in [1.807, 2.05) is 0 Å². The maximum absolute atomic E-state index is 11.9. The Balaban J connectivity index is 2.03. The molecule has 1 aliphatic rings. The van der Waals surface area contributed by atoms with Crippen LogP contribution in [0.3, 0.4) is 0 Å². The first-order valence-corrected chi connectivity index (χ1v) is 6.86. The van der Waals surface area contributed by atoms with Gasteiger partial charge in [-0.15, -0.1) is 0 Å². The topological polar surface area (TPSA) is 60.4 Å². The number of ketones is 3. The molecule has 0 N–H and O–H groups in total. The van der Waals surface area contributed by atoms with Crippen LogP contribution in [0.25, 0.3) is 0 Å². The van der Waals surface area contributed by atoms with Gasteiger partial charge in [-0.1, -0.05) is 6.58 Å². The predicted molar refractivity (Wildman–Crippen MR) is 78.2 cm³/mol. The molecule has 4 heteroatoms. The summed E-state index contributed by atoms with van der Waals surface area (Å²) < 4.78 is 5.56. The summed E-state index contributed by atoms with van der Waals surface area (Å²) in [5, 5.41) is 0. The van der Waals surface area contributed by atoms with Gasteiger partial charge >= 0.3 is 0 Å². The van der Waals surface area contributed by atoms with Crippen molar-refractivity contribution in [1.82, 2.24) is 0 Å². The lowest BCUT2D eigenvalue weighted by Crippen LogP contribution is -2.30. The van der Waals surface area contributed by atoms with Crippen molar-refractivity contribution in [3.05, 3.63) is 42.2 Å². The van der Waals surface area contributed by atoms with Crippen molar-refractivity contribution in [1.29, 1.82) is 0 Å². The van der Waals surface area contributed by atoms with Gasteiger partial charge in [0.05, 0.1) is 11.2 Å². The van der Waals surface area contributed by atoms with Crippen LogP contribution in [0.1, 0.15) is 43.5 Å². The largest absolute Gasteiger partial charge is 0.462 e. The van der Waals surface area contributed by atoms with E-state index in [0.29, 0.717) is 29.9 Å². The molecule has 1 aromatic rings. The Morgan fingerprint density at radius 2 is 1.71 bits per heavy atom. The van der Waals surface area contributed by atoms with Crippen molar-refractivity contribution in [3.63, 3.8) is 0 Å². The highest BCUT2D eigenvalue weighted by atomic mass is 16.5. The average molecular weight is 286 g/mol. The number of Topliss-reactive ketones (excluding diaryl/α,β-unsaturated/α-hetero) is 3. The number of carbonyl (C=O) groups excluding carboxylic acids is 3. The lowest BCUT2D eigenvalue weighted by molar-refractivity contribution is -0.134. The van der Waals surface area contributed by atoms with Crippen LogP contribution >= 0.6 is 0 Å². The zero-order chi connectivity index (χ0) is 15.6. The molecule has 0 atom stereocenters. The fourth-order valence-corrected chi connectivity index (χ4v) is 2.49. The summed E-state index contributed by atoms with van der Waals surface area (Å²) in [6, 6.07) is 6.67. The molecule has 0 unspecified atom stereocenters. The normalized spacial score (nSPS) is 16.9. The summed E-state index contributed by atoms with van der Waals surface area (Å²) in [5.74, 6) is 0.784. The van der Waals surface area contributed by atoms with E-state index in [4.69, 9.17) is 4.74 Å². The molecule has 1 aliphatic carbocycles. The van der Waals surface area contributed by atoms with Crippen molar-refractivity contribution < 1.29 is 19.1 Å². The second-order valence-electron chi connectivity index (χ2n) is 5.58. The summed E-state index contributed by atoms with van der Waals surface area (Å²) in [7, 11) is 0. The number of ether oxygens (including phenoxy) is 1. The summed E-state index contributed by atoms with van der Waals surface area (Å²) in [6.07, 6.45) is 0.797. The second-order valence-corrected chi connectivity index (χ2v) is 5.58. The number of allylic oxidation sites excluding steroid dienone is 1. The molecule has 0 saturated heterocycles. The molecule has 110 valence electrons. The Labute approximate surface area is 123 Å². The number of carbonyl (C=O) groups is 3. The molecule has 0 spiro atoms. The molecule has 1 aromatic carbocycles. The Morgan fingerprint density at radius 3 is 2.19 bits per heavy atom. The highest BCUT2D eigenvalue weighted by Crippen LogP contribution is 2.36. The lowest BCUT2D eigenvalue weighted by Gasteiger charge is -2.21. The lowest BCUT2D eigenvalue weighted by atomic mass is 9.82. The Morgan fingerprint density at radius 1 is 1.19 bits per heavy atom. The molecule has 0 amide bonds. The minimum atomic E-state index is -1.00. The maximum Gasteiger partial charge on any atom is 0.159 e. The molecule has 1 fully saturated rings. The standard InChI is InChI=1S/C17H18O4/c1-11(10-17(3)15(19)8-9-16(17)20)21-14-6-4-13(5-7-14)12(2)18/h4-7H,1,8-10H2,2-3H3. The molecule has 2 rings (SSSR count). The highest BCUT2D eigenvalue weighted by Gasteiger charge is 2.45. The molecule has 0 heterocycles. The van der Waals surface area contributed by atoms with Gasteiger partial charge in [0.2, 0.25) is 0 Å². The van der Waals surface area contributed by atoms with E-state index in [1.54, 1.807) is 31.2 Å². The van der Waals surface area contributed by atoms with Crippen molar-refractivity contribution in [2.24, 2.45) is 5.41 Å². The van der Waals surface area contributed by atoms with Crippen LogP contribution in [0.5, 0.6) is 5.75 Å². The van der Waals surface area contributed by atoms with Gasteiger partial charge in [0, 0.05) is 24.8 Å². The monoisotopic (exact) mass is 286 g/mol. The summed E-state index contributed by atoms with van der Waals surface area (Å²) in [5.41, 5.74) is -0.405. The van der Waals surface area contributed by atoms with E-state index < -0.39 is 5.41 Å². The van der Waals surface area contributed by atoms with E-state index in [0.717, 1.165) is 0 Å². The third kappa shape index (κ3) is 3.10. The molecule has 0 aromatic heterocycles. The first-order chi connectivity index (χ1) is 9.83. The number of rotatable bonds is 5. The molecule has 1 saturated carbocycles. The first-order valence-electron chi connectivity index (χ1n) is 6.86. The van der Waals surface area contributed by atoms with Gasteiger partial charge < -0.3 is 4.74 Å². The smallest absolute Gasteiger partial charge is 0.159 e. The van der Waals surface area contributed by atoms with Gasteiger partial charge in [-0.3, -0.25) is 14.4 Å². The van der Waals surface area contributed by atoms with Crippen molar-refractivity contribution >= 4 is 17.3 Å². The molecular weight excluding hydrogens is 268 g/mol. The van der Waals surface area contributed by atoms with Crippen LogP contribution in [-0.4, -0.2) is 17.3 Å². The third-order valence-electron chi connectivity index (χ3n) is 3.88. The molecule has 21 heavy (non-hydrogen) atoms. The molecule has 4 nitrogen and oxygen atoms in total. The van der Waals surface area contributed by atoms with Crippen molar-refractivity contribution in [2.45, 2.75) is 33.1 Å². The zero-order valence-electron chi connectivity index (χ0n) is 12.3. The Bertz CT molecular complexity index is 594. The second kappa shape index (κ2) is 5.64. The van der Waals surface area contributed by atoms with Crippen LogP contribution in [0.4, 0.5) is 0 Å². The maximum atomic E-state index is 11.9. The minimum Gasteiger partial charge on any atom is -0.462 e. The minimum absolute atomic E-state index is 0.0185. The fraction of sp³-hybridized carbons (Fsp3) is 0.353. The van der Waals surface area contributed by atoms with Gasteiger partial charge in [-0.05, 0) is 38.1 Å². The van der Waals surface area contributed by atoms with Gasteiger partial charge in [0.1, 0.15) is 17.3 Å². The Hall–Kier alpha value is -2.23. The van der Waals surface area contributed by atoms with Crippen LogP contribution in [-0.2, 0) is 9.59 Å². The molecule has 0 radical (unpaired) electrons. The zero-order valence-corrected chi connectivity index (χ0v) is 12.3. The van der Waals surface area contributed by atoms with E-state index in [2.05, 4.69) is 6.58 Å². The average Bonchev–Trinajstić information content (AvgIpc) is 2.67. The Kier molecular flexibility index (Phi) is 4.07. The van der Waals surface area contributed by atoms with Crippen LogP contribution in [0.2, 0.25) is 0 Å². The quantitative estimate of drug-likeness (QED) is 0.474. The van der Waals surface area contributed by atoms with Gasteiger partial charge in [0.25, 0.3) is 0 Å². The van der Waals surface area contributed by atoms with Crippen molar-refractivity contribution in [3.8, 4) is 5.75 Å². The third-order valence-corrected chi connectivity index (χ3v) is 3.88. The van der Waals surface area contributed by atoms with E-state index in [1.165, 1.54) is 6.92 Å². The first kappa shape index (κ1) is 15.2. The van der Waals surface area contributed by atoms with Gasteiger partial charge in [-0.25, -0.2) is 0 Å². The molecule has 0 aliphatic heterocycles. The SMILES string of the molecule is C=C(CC1(C)C(=O)CCC1=O)Oc1ccc(C(C)=O)cc1. The molecular formula is C17H18O4. The van der Waals surface area contributed by atoms with Gasteiger partial charge in [-0.2, -0.15) is 0 Å². The summed E-state index contributed by atoms with van der Waals surface area (Å²) >= 11 is 0. The van der Waals surface area contributed by atoms with E-state index >= 15 is 0 Å². The van der Waals surface area contributed by atoms with E-state index in [9.17, 15) is 14.4 Å². The van der Waals surface area contributed by atoms with Gasteiger partial charge in [0.15, 0.2) is 5.78 Å². The summed E-state index contributed by atoms with van der Waals surface area (Å²) in [6.45, 7) is 6.94.